The van der Waals surface area contributed by atoms with Crippen molar-refractivity contribution in [1.29, 1.82) is 5.26 Å². The molecular weight excluding hydrogens is 760 g/mol. The van der Waals surface area contributed by atoms with Crippen molar-refractivity contribution in [3.63, 3.8) is 0 Å². The molecule has 4 rings (SSSR count). The molecule has 0 radical (unpaired) electrons. The molecule has 0 spiro atoms. The second kappa shape index (κ2) is 17.7. The van der Waals surface area contributed by atoms with Crippen LogP contribution < -0.4 is 10.6 Å². The van der Waals surface area contributed by atoms with E-state index in [0.29, 0.717) is 11.3 Å². The zero-order valence-electron chi connectivity index (χ0n) is 28.7. The zero-order valence-corrected chi connectivity index (χ0v) is 31.0. The molecule has 2 aliphatic heterocycles. The summed E-state index contributed by atoms with van der Waals surface area (Å²) in [6, 6.07) is 7.56. The van der Waals surface area contributed by atoms with Gasteiger partial charge in [-0.1, -0.05) is 41.4 Å². The van der Waals surface area contributed by atoms with Crippen LogP contribution in [0, 0.1) is 11.3 Å². The van der Waals surface area contributed by atoms with Crippen LogP contribution in [0.4, 0.5) is 18.9 Å². The van der Waals surface area contributed by atoms with Crippen molar-refractivity contribution in [2.75, 3.05) is 25.0 Å². The Bertz CT molecular complexity index is 1930. The number of aliphatic imine (C=N–C) groups is 1. The van der Waals surface area contributed by atoms with Gasteiger partial charge in [-0.15, -0.1) is 0 Å². The number of carbonyl (C=O) groups excluding carboxylic acids is 3. The van der Waals surface area contributed by atoms with Crippen molar-refractivity contribution in [2.24, 2.45) is 4.99 Å². The van der Waals surface area contributed by atoms with E-state index in [1.807, 2.05) is 6.07 Å². The molecule has 0 aliphatic carbocycles. The maximum Gasteiger partial charge on any atom is 0.404 e. The Morgan fingerprint density at radius 2 is 1.89 bits per heavy atom. The Kier molecular flexibility index (Phi) is 13.9. The number of benzene rings is 2. The number of allylic oxidation sites excluding steroid dienone is 1. The molecule has 4 atom stereocenters. The lowest BCUT2D eigenvalue weighted by Gasteiger charge is -2.31. The van der Waals surface area contributed by atoms with Gasteiger partial charge in [0.1, 0.15) is 18.1 Å². The van der Waals surface area contributed by atoms with Crippen LogP contribution in [0.3, 0.4) is 0 Å². The van der Waals surface area contributed by atoms with Gasteiger partial charge < -0.3 is 15.4 Å². The van der Waals surface area contributed by atoms with Gasteiger partial charge in [0.2, 0.25) is 15.9 Å². The van der Waals surface area contributed by atoms with Gasteiger partial charge in [0.05, 0.1) is 33.7 Å². The number of nitriles is 1. The lowest BCUT2D eigenvalue weighted by atomic mass is 10.0. The van der Waals surface area contributed by atoms with Gasteiger partial charge in [0.25, 0.3) is 5.91 Å². The van der Waals surface area contributed by atoms with E-state index >= 15 is 0 Å². The maximum atomic E-state index is 14.0. The number of alkyl halides is 3. The third-order valence-electron chi connectivity index (χ3n) is 8.80. The first-order valence-electron chi connectivity index (χ1n) is 16.4. The monoisotopic (exact) mass is 796 g/mol. The van der Waals surface area contributed by atoms with E-state index in [1.165, 1.54) is 42.2 Å². The number of carbonyl (C=O) groups is 3. The van der Waals surface area contributed by atoms with E-state index in [0.717, 1.165) is 16.6 Å². The summed E-state index contributed by atoms with van der Waals surface area (Å²) in [7, 11) is -4.51. The number of nitrogens with zero attached hydrogens (tertiary/aromatic N) is 4. The first-order valence-corrected chi connectivity index (χ1v) is 18.6. The number of hydrogen-bond acceptors (Lipinski definition) is 9. The summed E-state index contributed by atoms with van der Waals surface area (Å²) in [6.07, 6.45) is -3.73. The summed E-state index contributed by atoms with van der Waals surface area (Å²) in [6.45, 7) is 5.92. The molecule has 2 aliphatic rings. The van der Waals surface area contributed by atoms with Crippen molar-refractivity contribution in [3.8, 4) is 6.07 Å². The van der Waals surface area contributed by atoms with E-state index in [9.17, 15) is 41.2 Å². The second-order valence-corrected chi connectivity index (χ2v) is 15.2. The normalized spacial score (nSPS) is 20.9. The fourth-order valence-electron chi connectivity index (χ4n) is 6.40. The summed E-state index contributed by atoms with van der Waals surface area (Å²) < 4.78 is 75.9. The summed E-state index contributed by atoms with van der Waals surface area (Å²) in [5.41, 5.74) is 0.839. The summed E-state index contributed by atoms with van der Waals surface area (Å²) >= 11 is 12.2. The van der Waals surface area contributed by atoms with Gasteiger partial charge in [0.15, 0.2) is 0 Å². The summed E-state index contributed by atoms with van der Waals surface area (Å²) in [5, 5.41) is 14.7. The molecule has 2 aromatic carbocycles. The fraction of sp³-hybridized carbons (Fsp3) is 0.400. The molecule has 2 saturated heterocycles. The van der Waals surface area contributed by atoms with Gasteiger partial charge in [-0.2, -0.15) is 22.7 Å². The Morgan fingerprint density at radius 1 is 1.19 bits per heavy atom. The minimum atomic E-state index is -4.57. The molecule has 2 amide bonds. The van der Waals surface area contributed by atoms with Crippen LogP contribution in [0.5, 0.6) is 0 Å². The summed E-state index contributed by atoms with van der Waals surface area (Å²) in [4.78, 5) is 44.4. The Balaban J connectivity index is 1.60. The van der Waals surface area contributed by atoms with E-state index in [2.05, 4.69) is 22.3 Å². The van der Waals surface area contributed by atoms with Crippen LogP contribution in [0.25, 0.3) is 0 Å². The highest BCUT2D eigenvalue weighted by Gasteiger charge is 2.53. The molecule has 0 bridgehead atoms. The molecule has 4 unspecified atom stereocenters. The molecule has 53 heavy (non-hydrogen) atoms. The van der Waals surface area contributed by atoms with Crippen LogP contribution in [-0.2, 0) is 35.6 Å². The SMILES string of the molecule is C=N/C=C(Cl)\C(C(=O)Nc1ccc(CC(NC(=O)C2CC(N3CCCC3C(F)(F)F)CN2S(=O)(=O)c2cccc(C#N)c2)C(=O)OCC)cc1)=C(/C)Cl. The minimum Gasteiger partial charge on any atom is -0.464 e. The molecule has 0 saturated carbocycles. The number of amides is 2. The Labute approximate surface area is 315 Å². The highest BCUT2D eigenvalue weighted by Crippen LogP contribution is 2.38. The number of ether oxygens (including phenoxy) is 1. The van der Waals surface area contributed by atoms with Gasteiger partial charge in [0, 0.05) is 35.9 Å². The quantitative estimate of drug-likeness (QED) is 0.121. The number of esters is 1. The Morgan fingerprint density at radius 3 is 2.49 bits per heavy atom. The van der Waals surface area contributed by atoms with Gasteiger partial charge in [-0.3, -0.25) is 19.5 Å². The third-order valence-corrected chi connectivity index (χ3v) is 11.1. The van der Waals surface area contributed by atoms with Crippen molar-refractivity contribution in [2.45, 2.75) is 74.8 Å². The number of likely N-dealkylation sites (tertiary alicyclic amines) is 1. The van der Waals surface area contributed by atoms with Crippen molar-refractivity contribution >= 4 is 63.4 Å². The van der Waals surface area contributed by atoms with Crippen molar-refractivity contribution in [3.05, 3.63) is 81.5 Å². The van der Waals surface area contributed by atoms with Crippen LogP contribution in [0.1, 0.15) is 44.2 Å². The molecule has 284 valence electrons. The zero-order chi connectivity index (χ0) is 39.1. The third kappa shape index (κ3) is 10.0. The second-order valence-electron chi connectivity index (χ2n) is 12.3. The maximum absolute atomic E-state index is 14.0. The predicted octanol–water partition coefficient (Wildman–Crippen LogP) is 5.24. The molecule has 12 nitrogen and oxygen atoms in total. The highest BCUT2D eigenvalue weighted by atomic mass is 35.5. The average Bonchev–Trinajstić information content (AvgIpc) is 3.78. The number of rotatable bonds is 13. The predicted molar refractivity (Wildman–Crippen MR) is 192 cm³/mol. The highest BCUT2D eigenvalue weighted by molar-refractivity contribution is 7.89. The molecule has 2 fully saturated rings. The topological polar surface area (TPSA) is 161 Å². The van der Waals surface area contributed by atoms with Gasteiger partial charge >= 0.3 is 12.1 Å². The van der Waals surface area contributed by atoms with Gasteiger partial charge in [-0.05, 0) is 82.3 Å². The van der Waals surface area contributed by atoms with E-state index in [-0.39, 0.29) is 64.9 Å². The van der Waals surface area contributed by atoms with Gasteiger partial charge in [-0.25, -0.2) is 13.2 Å². The Hall–Kier alpha value is -4.27. The molecule has 18 heteroatoms. The largest absolute Gasteiger partial charge is 0.464 e. The van der Waals surface area contributed by atoms with Crippen LogP contribution in [-0.4, -0.2) is 92.2 Å². The lowest BCUT2D eigenvalue weighted by molar-refractivity contribution is -0.180. The number of anilines is 1. The van der Waals surface area contributed by atoms with E-state index in [4.69, 9.17) is 27.9 Å². The fourth-order valence-corrected chi connectivity index (χ4v) is 8.61. The standard InChI is InChI=1S/C35H37Cl2F3N6O6S/c1-4-52-34(49)28(16-22-10-12-24(13-11-22)43-33(48)31(21(2)36)27(37)19-42-3)44-32(47)29-17-25(45-14-6-9-30(45)35(38,39)40)20-46(29)53(50,51)26-8-5-7-23(15-26)18-41/h5,7-8,10-13,15,19,25,28-30H,3-4,6,9,14,16-17,20H2,1-2H3,(H,43,48)(H,44,47)/b27-19+,31-21-. The lowest BCUT2D eigenvalue weighted by Crippen LogP contribution is -2.51. The number of nitrogens with one attached hydrogen (secondary N) is 2. The number of halogens is 5. The molecular formula is C35H37Cl2F3N6O6S. The van der Waals surface area contributed by atoms with Crippen LogP contribution >= 0.6 is 23.2 Å². The van der Waals surface area contributed by atoms with E-state index in [1.54, 1.807) is 19.1 Å². The first-order chi connectivity index (χ1) is 25.0. The van der Waals surface area contributed by atoms with E-state index < -0.39 is 64.7 Å². The molecule has 2 aromatic rings. The molecule has 2 N–H and O–H groups in total. The van der Waals surface area contributed by atoms with Crippen LogP contribution in [0.15, 0.2) is 80.3 Å². The van der Waals surface area contributed by atoms with Crippen molar-refractivity contribution < 1.29 is 40.7 Å². The first kappa shape index (κ1) is 41.5. The molecule has 0 aromatic heterocycles. The number of sulfonamides is 1. The smallest absolute Gasteiger partial charge is 0.404 e. The van der Waals surface area contributed by atoms with Crippen molar-refractivity contribution in [1.82, 2.24) is 14.5 Å². The minimum absolute atomic E-state index is 0.0310. The average molecular weight is 798 g/mol. The summed E-state index contributed by atoms with van der Waals surface area (Å²) in [5.74, 6) is -2.37. The number of hydrogen-bond donors (Lipinski definition) is 2. The molecule has 2 heterocycles. The van der Waals surface area contributed by atoms with Crippen LogP contribution in [0.2, 0.25) is 0 Å².